The Kier molecular flexibility index (Phi) is 11.3. The molecule has 1 fully saturated rings. The SMILES string of the molecule is CC(C)=CC(=O)C=C(C)C.CC1(C)CC(=O)CC(C)(C)O1.NCl. The molecule has 0 atom stereocenters. The first-order valence-electron chi connectivity index (χ1n) is 7.60. The second kappa shape index (κ2) is 10.7. The van der Waals surface area contributed by atoms with Gasteiger partial charge in [0.2, 0.25) is 0 Å². The molecule has 0 saturated carbocycles. The van der Waals surface area contributed by atoms with Gasteiger partial charge in [-0.2, -0.15) is 0 Å². The lowest BCUT2D eigenvalue weighted by Gasteiger charge is -2.40. The van der Waals surface area contributed by atoms with Crippen LogP contribution in [0.5, 0.6) is 0 Å². The smallest absolute Gasteiger partial charge is 0.178 e. The number of ether oxygens (including phenoxy) is 1. The number of allylic oxidation sites excluding steroid dienone is 4. The van der Waals surface area contributed by atoms with Crippen molar-refractivity contribution in [1.29, 1.82) is 0 Å². The van der Waals surface area contributed by atoms with Crippen LogP contribution in [0.3, 0.4) is 0 Å². The van der Waals surface area contributed by atoms with Gasteiger partial charge < -0.3 is 4.74 Å². The largest absolute Gasteiger partial charge is 0.369 e. The summed E-state index contributed by atoms with van der Waals surface area (Å²) in [5, 5.41) is 3.97. The molecule has 1 rings (SSSR count). The Hall–Kier alpha value is -0.970. The number of hydrogen-bond acceptors (Lipinski definition) is 4. The molecule has 0 radical (unpaired) electrons. The molecule has 0 spiro atoms. The first-order chi connectivity index (χ1) is 10.3. The molecule has 0 aromatic carbocycles. The van der Waals surface area contributed by atoms with Crippen molar-refractivity contribution >= 4 is 23.3 Å². The van der Waals surface area contributed by atoms with E-state index in [9.17, 15) is 9.59 Å². The summed E-state index contributed by atoms with van der Waals surface area (Å²) >= 11 is 4.14. The van der Waals surface area contributed by atoms with E-state index in [1.54, 1.807) is 12.2 Å². The van der Waals surface area contributed by atoms with Gasteiger partial charge >= 0.3 is 0 Å². The monoisotopic (exact) mass is 345 g/mol. The van der Waals surface area contributed by atoms with E-state index in [1.165, 1.54) is 0 Å². The molecule has 1 aliphatic heterocycles. The standard InChI is InChI=1S/C9H16O2.C9H14O.ClH2N/c1-8(2)5-7(10)6-9(3,4)11-8;1-7(2)5-9(10)6-8(3)4;1-2/h5-6H2,1-4H3;5-6H,1-4H3;2H2. The molecular weight excluding hydrogens is 314 g/mol. The maximum atomic E-state index is 11.2. The molecule has 0 amide bonds. The summed E-state index contributed by atoms with van der Waals surface area (Å²) in [6, 6.07) is 0. The summed E-state index contributed by atoms with van der Waals surface area (Å²) in [6.07, 6.45) is 4.37. The Balaban J connectivity index is 0. The zero-order valence-corrected chi connectivity index (χ0v) is 16.5. The zero-order chi connectivity index (χ0) is 18.8. The van der Waals surface area contributed by atoms with Gasteiger partial charge in [0.25, 0.3) is 0 Å². The number of hydrogen-bond donors (Lipinski definition) is 1. The summed E-state index contributed by atoms with van der Waals surface area (Å²) in [6.45, 7) is 15.5. The summed E-state index contributed by atoms with van der Waals surface area (Å²) < 4.78 is 5.71. The van der Waals surface area contributed by atoms with Crippen molar-refractivity contribution in [2.75, 3.05) is 0 Å². The van der Waals surface area contributed by atoms with Crippen LogP contribution < -0.4 is 5.25 Å². The first kappa shape index (κ1) is 24.3. The van der Waals surface area contributed by atoms with Crippen LogP contribution in [0.2, 0.25) is 0 Å². The highest BCUT2D eigenvalue weighted by Crippen LogP contribution is 2.32. The van der Waals surface area contributed by atoms with Crippen LogP contribution in [-0.2, 0) is 14.3 Å². The lowest BCUT2D eigenvalue weighted by Crippen LogP contribution is -2.45. The highest BCUT2D eigenvalue weighted by atomic mass is 35.5. The van der Waals surface area contributed by atoms with Crippen molar-refractivity contribution in [3.05, 3.63) is 23.3 Å². The van der Waals surface area contributed by atoms with Gasteiger partial charge in [0.05, 0.1) is 11.2 Å². The van der Waals surface area contributed by atoms with Gasteiger partial charge in [-0.1, -0.05) is 11.1 Å². The van der Waals surface area contributed by atoms with E-state index in [1.807, 2.05) is 55.4 Å². The lowest BCUT2D eigenvalue weighted by atomic mass is 9.88. The second-order valence-corrected chi connectivity index (χ2v) is 7.36. The van der Waals surface area contributed by atoms with E-state index in [2.05, 4.69) is 17.0 Å². The van der Waals surface area contributed by atoms with Crippen LogP contribution >= 0.6 is 11.8 Å². The number of nitrogens with two attached hydrogens (primary N) is 1. The molecule has 1 saturated heterocycles. The number of ketones is 2. The van der Waals surface area contributed by atoms with E-state index in [0.29, 0.717) is 18.6 Å². The van der Waals surface area contributed by atoms with E-state index >= 15 is 0 Å². The highest BCUT2D eigenvalue weighted by Gasteiger charge is 2.38. The van der Waals surface area contributed by atoms with Crippen LogP contribution in [0.25, 0.3) is 0 Å². The first-order valence-corrected chi connectivity index (χ1v) is 8.04. The van der Waals surface area contributed by atoms with E-state index < -0.39 is 0 Å². The van der Waals surface area contributed by atoms with Crippen molar-refractivity contribution in [3.63, 3.8) is 0 Å². The fraction of sp³-hybridized carbons (Fsp3) is 0.667. The van der Waals surface area contributed by atoms with Crippen LogP contribution in [0.15, 0.2) is 23.3 Å². The van der Waals surface area contributed by atoms with Gasteiger partial charge in [-0.15, -0.1) is 0 Å². The minimum Gasteiger partial charge on any atom is -0.369 e. The molecule has 1 aliphatic rings. The van der Waals surface area contributed by atoms with Gasteiger partial charge in [-0.05, 0) is 79.3 Å². The predicted molar refractivity (Wildman–Crippen MR) is 97.4 cm³/mol. The Morgan fingerprint density at radius 2 is 1.26 bits per heavy atom. The fourth-order valence-electron chi connectivity index (χ4n) is 2.44. The molecule has 5 heteroatoms. The Bertz CT molecular complexity index is 417. The van der Waals surface area contributed by atoms with Crippen LogP contribution in [-0.4, -0.2) is 22.8 Å². The molecule has 0 aromatic heterocycles. The Morgan fingerprint density at radius 3 is 1.48 bits per heavy atom. The van der Waals surface area contributed by atoms with Crippen LogP contribution in [0.4, 0.5) is 0 Å². The van der Waals surface area contributed by atoms with Crippen LogP contribution in [0.1, 0.15) is 68.2 Å². The molecule has 23 heavy (non-hydrogen) atoms. The summed E-state index contributed by atoms with van der Waals surface area (Å²) in [5.74, 6) is 0.395. The third-order valence-corrected chi connectivity index (χ3v) is 2.66. The van der Waals surface area contributed by atoms with Crippen molar-refractivity contribution in [2.45, 2.75) is 79.4 Å². The minimum absolute atomic E-state index is 0.0833. The van der Waals surface area contributed by atoms with Gasteiger partial charge in [0.1, 0.15) is 5.78 Å². The molecule has 1 heterocycles. The lowest BCUT2D eigenvalue weighted by molar-refractivity contribution is -0.169. The normalized spacial score (nSPS) is 17.6. The van der Waals surface area contributed by atoms with Gasteiger partial charge in [-0.3, -0.25) is 9.59 Å². The van der Waals surface area contributed by atoms with E-state index in [-0.39, 0.29) is 17.0 Å². The van der Waals surface area contributed by atoms with Crippen molar-refractivity contribution < 1.29 is 14.3 Å². The Morgan fingerprint density at radius 1 is 0.957 bits per heavy atom. The number of carbonyl (C=O) groups excluding carboxylic acids is 2. The van der Waals surface area contributed by atoms with E-state index in [4.69, 9.17) is 4.74 Å². The summed E-state index contributed by atoms with van der Waals surface area (Å²) in [4.78, 5) is 22.1. The van der Waals surface area contributed by atoms with Crippen molar-refractivity contribution in [2.24, 2.45) is 5.25 Å². The number of Topliss-reactive ketones (excluding diaryl/α,β-unsaturated/α-hetero) is 1. The fourth-order valence-corrected chi connectivity index (χ4v) is 2.44. The average Bonchev–Trinajstić information content (AvgIpc) is 2.24. The van der Waals surface area contributed by atoms with Gasteiger partial charge in [-0.25, -0.2) is 5.25 Å². The maximum absolute atomic E-state index is 11.2. The van der Waals surface area contributed by atoms with Crippen molar-refractivity contribution in [1.82, 2.24) is 0 Å². The van der Waals surface area contributed by atoms with Gasteiger partial charge in [0.15, 0.2) is 5.78 Å². The number of carbonyl (C=O) groups is 2. The molecule has 0 aromatic rings. The third kappa shape index (κ3) is 14.4. The number of halogens is 1. The van der Waals surface area contributed by atoms with E-state index in [0.717, 1.165) is 11.1 Å². The second-order valence-electron chi connectivity index (χ2n) is 7.36. The topological polar surface area (TPSA) is 69.4 Å². The predicted octanol–water partition coefficient (Wildman–Crippen LogP) is 4.51. The number of rotatable bonds is 2. The highest BCUT2D eigenvalue weighted by molar-refractivity contribution is 6.11. The van der Waals surface area contributed by atoms with Crippen molar-refractivity contribution in [3.8, 4) is 0 Å². The minimum atomic E-state index is -0.265. The third-order valence-electron chi connectivity index (χ3n) is 2.66. The summed E-state index contributed by atoms with van der Waals surface area (Å²) in [7, 11) is 0. The molecular formula is C18H32ClNO3. The molecule has 0 unspecified atom stereocenters. The molecule has 4 nitrogen and oxygen atoms in total. The van der Waals surface area contributed by atoms with Crippen LogP contribution in [0, 0.1) is 0 Å². The molecule has 2 N–H and O–H groups in total. The summed E-state index contributed by atoms with van der Waals surface area (Å²) in [5.41, 5.74) is 1.56. The molecule has 134 valence electrons. The zero-order valence-electron chi connectivity index (χ0n) is 15.7. The molecule has 0 bridgehead atoms. The quantitative estimate of drug-likeness (QED) is 0.590. The maximum Gasteiger partial charge on any atom is 0.178 e. The van der Waals surface area contributed by atoms with Gasteiger partial charge in [0, 0.05) is 12.8 Å². The Labute approximate surface area is 146 Å². The average molecular weight is 346 g/mol. The molecule has 0 aliphatic carbocycles.